The maximum Gasteiger partial charge on any atom is 0.335 e. The lowest BCUT2D eigenvalue weighted by atomic mass is 10.2. The molecule has 4 N–H and O–H groups in total. The molecule has 6 nitrogen and oxygen atoms in total. The Labute approximate surface area is 115 Å². The number of hydrogen-bond acceptors (Lipinski definition) is 3. The molecule has 0 spiro atoms. The van der Waals surface area contributed by atoms with Crippen LogP contribution in [0.1, 0.15) is 10.4 Å². The number of hydrogen-bond donors (Lipinski definition) is 4. The Balaban J connectivity index is 2.66. The fourth-order valence-corrected chi connectivity index (χ4v) is 1.21. The molecule has 0 atom stereocenters. The normalized spacial score (nSPS) is 11.3. The first-order chi connectivity index (χ1) is 9.63. The van der Waals surface area contributed by atoms with E-state index in [2.05, 4.69) is 0 Å². The number of carbonyl (C=O) groups is 2. The van der Waals surface area contributed by atoms with Gasteiger partial charge in [0.05, 0.1) is 17.8 Å². The SMILES string of the molecule is O=C(NCC(F)(F)C(F)F)Nc1ccc(C(=O)O)cc1O. The van der Waals surface area contributed by atoms with E-state index in [4.69, 9.17) is 5.11 Å². The lowest BCUT2D eigenvalue weighted by molar-refractivity contribution is -0.123. The Morgan fingerprint density at radius 1 is 1.29 bits per heavy atom. The number of phenols is 1. The molecule has 1 aromatic rings. The zero-order valence-corrected chi connectivity index (χ0v) is 10.2. The molecule has 0 aliphatic carbocycles. The van der Waals surface area contributed by atoms with Gasteiger partial charge in [-0.1, -0.05) is 0 Å². The summed E-state index contributed by atoms with van der Waals surface area (Å²) in [6, 6.07) is 1.63. The molecule has 0 unspecified atom stereocenters. The van der Waals surface area contributed by atoms with Gasteiger partial charge in [0.25, 0.3) is 0 Å². The van der Waals surface area contributed by atoms with Crippen molar-refractivity contribution in [2.24, 2.45) is 0 Å². The van der Waals surface area contributed by atoms with Gasteiger partial charge < -0.3 is 20.8 Å². The van der Waals surface area contributed by atoms with Gasteiger partial charge in [-0.25, -0.2) is 18.4 Å². The number of aromatic carboxylic acids is 1. The van der Waals surface area contributed by atoms with Gasteiger partial charge in [0.15, 0.2) is 0 Å². The van der Waals surface area contributed by atoms with Crippen LogP contribution >= 0.6 is 0 Å². The lowest BCUT2D eigenvalue weighted by Crippen LogP contribution is -2.42. The summed E-state index contributed by atoms with van der Waals surface area (Å²) in [7, 11) is 0. The van der Waals surface area contributed by atoms with Gasteiger partial charge in [0, 0.05) is 0 Å². The molecule has 116 valence electrons. The van der Waals surface area contributed by atoms with E-state index in [0.717, 1.165) is 18.2 Å². The van der Waals surface area contributed by atoms with Crippen molar-refractivity contribution in [3.8, 4) is 5.75 Å². The molecule has 21 heavy (non-hydrogen) atoms. The van der Waals surface area contributed by atoms with Crippen LogP contribution in [0, 0.1) is 0 Å². The minimum atomic E-state index is -4.38. The third kappa shape index (κ3) is 4.51. The highest BCUT2D eigenvalue weighted by Crippen LogP contribution is 2.24. The Morgan fingerprint density at radius 3 is 2.38 bits per heavy atom. The second-order valence-electron chi connectivity index (χ2n) is 3.91. The van der Waals surface area contributed by atoms with Crippen LogP contribution in [-0.2, 0) is 0 Å². The number of phenolic OH excluding ortho intramolecular Hbond substituents is 1. The van der Waals surface area contributed by atoms with Crippen molar-refractivity contribution in [3.63, 3.8) is 0 Å². The summed E-state index contributed by atoms with van der Waals surface area (Å²) in [6.07, 6.45) is -3.93. The number of benzene rings is 1. The number of aromatic hydroxyl groups is 1. The topological polar surface area (TPSA) is 98.7 Å². The molecule has 0 aliphatic heterocycles. The van der Waals surface area contributed by atoms with E-state index >= 15 is 0 Å². The van der Waals surface area contributed by atoms with Crippen molar-refractivity contribution in [2.45, 2.75) is 12.3 Å². The highest BCUT2D eigenvalue weighted by molar-refractivity contribution is 5.93. The predicted octanol–water partition coefficient (Wildman–Crippen LogP) is 2.11. The molecule has 0 saturated carbocycles. The number of carboxylic acid groups (broad SMARTS) is 1. The molecule has 0 aromatic heterocycles. The van der Waals surface area contributed by atoms with E-state index in [0.29, 0.717) is 0 Å². The molecule has 0 fully saturated rings. The third-order valence-corrected chi connectivity index (χ3v) is 2.30. The van der Waals surface area contributed by atoms with Gasteiger partial charge in [0.2, 0.25) is 0 Å². The number of rotatable bonds is 5. The molecule has 0 bridgehead atoms. The Kier molecular flexibility index (Phi) is 4.95. The fraction of sp³-hybridized carbons (Fsp3) is 0.273. The molecule has 0 heterocycles. The number of halogens is 4. The monoisotopic (exact) mass is 310 g/mol. The number of carboxylic acids is 1. The van der Waals surface area contributed by atoms with Crippen LogP contribution in [-0.4, -0.2) is 41.1 Å². The van der Waals surface area contributed by atoms with Crippen LogP contribution in [0.4, 0.5) is 28.0 Å². The summed E-state index contributed by atoms with van der Waals surface area (Å²) in [6.45, 7) is -1.59. The van der Waals surface area contributed by atoms with E-state index in [-0.39, 0.29) is 11.3 Å². The molecular weight excluding hydrogens is 300 g/mol. The third-order valence-electron chi connectivity index (χ3n) is 2.30. The molecule has 2 amide bonds. The van der Waals surface area contributed by atoms with Crippen molar-refractivity contribution in [1.29, 1.82) is 0 Å². The number of urea groups is 1. The zero-order chi connectivity index (χ0) is 16.2. The van der Waals surface area contributed by atoms with E-state index in [1.807, 2.05) is 5.32 Å². The van der Waals surface area contributed by atoms with Crippen LogP contribution in [0.15, 0.2) is 18.2 Å². The minimum Gasteiger partial charge on any atom is -0.506 e. The largest absolute Gasteiger partial charge is 0.506 e. The average molecular weight is 310 g/mol. The number of anilines is 1. The molecular formula is C11H10F4N2O4. The van der Waals surface area contributed by atoms with Crippen LogP contribution in [0.25, 0.3) is 0 Å². The van der Waals surface area contributed by atoms with Crippen molar-refractivity contribution in [3.05, 3.63) is 23.8 Å². The second-order valence-corrected chi connectivity index (χ2v) is 3.91. The van der Waals surface area contributed by atoms with Gasteiger partial charge in [0.1, 0.15) is 5.75 Å². The van der Waals surface area contributed by atoms with E-state index < -0.39 is 36.6 Å². The standard InChI is InChI=1S/C11H10F4N2O4/c12-9(13)11(14,15)4-16-10(21)17-6-2-1-5(8(19)20)3-7(6)18/h1-3,9,18H,4H2,(H,19,20)(H2,16,17,21). The number of nitrogens with one attached hydrogen (secondary N) is 2. The first kappa shape index (κ1) is 16.5. The number of alkyl halides is 4. The Bertz CT molecular complexity index is 551. The highest BCUT2D eigenvalue weighted by Gasteiger charge is 2.40. The van der Waals surface area contributed by atoms with Crippen LogP contribution in [0.3, 0.4) is 0 Å². The van der Waals surface area contributed by atoms with Crippen molar-refractivity contribution >= 4 is 17.7 Å². The summed E-state index contributed by atoms with van der Waals surface area (Å²) < 4.78 is 48.8. The quantitative estimate of drug-likeness (QED) is 0.494. The highest BCUT2D eigenvalue weighted by atomic mass is 19.3. The maximum atomic E-state index is 12.6. The summed E-state index contributed by atoms with van der Waals surface area (Å²) in [5, 5.41) is 21.5. The molecule has 1 rings (SSSR count). The Hall–Kier alpha value is -2.52. The second kappa shape index (κ2) is 6.29. The van der Waals surface area contributed by atoms with Gasteiger partial charge in [-0.2, -0.15) is 8.78 Å². The van der Waals surface area contributed by atoms with Crippen molar-refractivity contribution in [1.82, 2.24) is 5.32 Å². The maximum absolute atomic E-state index is 12.6. The number of carbonyl (C=O) groups excluding carboxylic acids is 1. The smallest absolute Gasteiger partial charge is 0.335 e. The average Bonchev–Trinajstić information content (AvgIpc) is 2.38. The van der Waals surface area contributed by atoms with Crippen LogP contribution in [0.2, 0.25) is 0 Å². The summed E-state index contributed by atoms with van der Waals surface area (Å²) >= 11 is 0. The molecule has 0 radical (unpaired) electrons. The predicted molar refractivity (Wildman–Crippen MR) is 63.0 cm³/mol. The van der Waals surface area contributed by atoms with E-state index in [1.54, 1.807) is 0 Å². The van der Waals surface area contributed by atoms with Gasteiger partial charge in [-0.3, -0.25) is 0 Å². The molecule has 10 heteroatoms. The van der Waals surface area contributed by atoms with E-state index in [9.17, 15) is 32.3 Å². The van der Waals surface area contributed by atoms with Gasteiger partial charge in [-0.05, 0) is 18.2 Å². The van der Waals surface area contributed by atoms with Crippen molar-refractivity contribution in [2.75, 3.05) is 11.9 Å². The van der Waals surface area contributed by atoms with Gasteiger partial charge >= 0.3 is 24.3 Å². The molecule has 1 aromatic carbocycles. The van der Waals surface area contributed by atoms with Gasteiger partial charge in [-0.15, -0.1) is 0 Å². The van der Waals surface area contributed by atoms with Crippen LogP contribution in [0.5, 0.6) is 5.75 Å². The number of amides is 2. The first-order valence-electron chi connectivity index (χ1n) is 5.40. The van der Waals surface area contributed by atoms with Crippen LogP contribution < -0.4 is 10.6 Å². The summed E-state index contributed by atoms with van der Waals surface area (Å²) in [5.74, 6) is -6.32. The Morgan fingerprint density at radius 2 is 1.90 bits per heavy atom. The molecule has 0 saturated heterocycles. The minimum absolute atomic E-state index is 0.261. The molecule has 0 aliphatic rings. The summed E-state index contributed by atoms with van der Waals surface area (Å²) in [4.78, 5) is 21.8. The summed E-state index contributed by atoms with van der Waals surface area (Å²) in [5.41, 5.74) is -0.527. The lowest BCUT2D eigenvalue weighted by Gasteiger charge is -2.16. The van der Waals surface area contributed by atoms with Crippen molar-refractivity contribution < 1.29 is 37.4 Å². The van der Waals surface area contributed by atoms with E-state index in [1.165, 1.54) is 5.32 Å². The zero-order valence-electron chi connectivity index (χ0n) is 10.2. The first-order valence-corrected chi connectivity index (χ1v) is 5.40. The fourth-order valence-electron chi connectivity index (χ4n) is 1.21.